The number of carbonyl (C=O) groups excluding carboxylic acids is 1. The van der Waals surface area contributed by atoms with Gasteiger partial charge in [-0.15, -0.1) is 0 Å². The molecule has 0 aliphatic rings. The van der Waals surface area contributed by atoms with E-state index >= 15 is 0 Å². The number of rotatable bonds is 4. The molecule has 0 saturated heterocycles. The van der Waals surface area contributed by atoms with Crippen LogP contribution in [0.5, 0.6) is 0 Å². The van der Waals surface area contributed by atoms with Crippen molar-refractivity contribution in [3.63, 3.8) is 0 Å². The van der Waals surface area contributed by atoms with Crippen molar-refractivity contribution in [1.29, 1.82) is 0 Å². The molecule has 2 aromatic carbocycles. The van der Waals surface area contributed by atoms with E-state index < -0.39 is 5.97 Å². The van der Waals surface area contributed by atoms with Gasteiger partial charge in [-0.25, -0.2) is 4.98 Å². The average Bonchev–Trinajstić information content (AvgIpc) is 2.80. The number of para-hydroxylation sites is 2. The van der Waals surface area contributed by atoms with Gasteiger partial charge < -0.3 is 9.30 Å². The number of fused-ring (bicyclic) bond motifs is 3. The standard InChI is InChI=1S/C25H19N3O4/c1-16-10-11-27-22(12-16)26-17(13-23(27)29)15-32-24(30)14-28-20-8-4-2-6-18(20)25(31)19-7-3-5-9-21(19)28/h2-13H,14-15H2,1H3. The van der Waals surface area contributed by atoms with E-state index in [4.69, 9.17) is 4.74 Å². The highest BCUT2D eigenvalue weighted by molar-refractivity contribution is 5.94. The molecule has 0 bridgehead atoms. The second-order valence-electron chi connectivity index (χ2n) is 7.63. The molecule has 0 amide bonds. The summed E-state index contributed by atoms with van der Waals surface area (Å²) < 4.78 is 8.67. The number of hydrogen-bond acceptors (Lipinski definition) is 5. The lowest BCUT2D eigenvalue weighted by Gasteiger charge is -2.14. The van der Waals surface area contributed by atoms with Gasteiger partial charge in [0.25, 0.3) is 5.56 Å². The first-order valence-corrected chi connectivity index (χ1v) is 10.2. The zero-order valence-corrected chi connectivity index (χ0v) is 17.3. The number of nitrogens with zero attached hydrogens (tertiary/aromatic N) is 3. The Kier molecular flexibility index (Phi) is 4.78. The second kappa shape index (κ2) is 7.77. The van der Waals surface area contributed by atoms with Gasteiger partial charge in [-0.3, -0.25) is 18.8 Å². The van der Waals surface area contributed by atoms with Crippen LogP contribution in [0.1, 0.15) is 11.3 Å². The van der Waals surface area contributed by atoms with Crippen molar-refractivity contribution in [3.8, 4) is 0 Å². The van der Waals surface area contributed by atoms with Crippen molar-refractivity contribution in [2.75, 3.05) is 0 Å². The molecular formula is C25H19N3O4. The topological polar surface area (TPSA) is 82.7 Å². The average molecular weight is 425 g/mol. The van der Waals surface area contributed by atoms with Crippen LogP contribution < -0.4 is 11.0 Å². The second-order valence-corrected chi connectivity index (χ2v) is 7.63. The van der Waals surface area contributed by atoms with E-state index in [0.717, 1.165) is 5.56 Å². The third-order valence-corrected chi connectivity index (χ3v) is 5.42. The van der Waals surface area contributed by atoms with Crippen LogP contribution in [0.2, 0.25) is 0 Å². The van der Waals surface area contributed by atoms with Crippen LogP contribution in [0, 0.1) is 6.92 Å². The predicted molar refractivity (Wildman–Crippen MR) is 122 cm³/mol. The van der Waals surface area contributed by atoms with E-state index in [1.54, 1.807) is 41.1 Å². The van der Waals surface area contributed by atoms with Crippen molar-refractivity contribution in [2.45, 2.75) is 20.1 Å². The summed E-state index contributed by atoms with van der Waals surface area (Å²) in [6.07, 6.45) is 1.67. The smallest absolute Gasteiger partial charge is 0.326 e. The number of carbonyl (C=O) groups is 1. The monoisotopic (exact) mass is 425 g/mol. The zero-order valence-electron chi connectivity index (χ0n) is 17.3. The Hall–Kier alpha value is -4.26. The molecule has 158 valence electrons. The lowest BCUT2D eigenvalue weighted by molar-refractivity contribution is -0.145. The molecule has 5 rings (SSSR count). The highest BCUT2D eigenvalue weighted by Crippen LogP contribution is 2.19. The van der Waals surface area contributed by atoms with Gasteiger partial charge in [0, 0.05) is 23.0 Å². The van der Waals surface area contributed by atoms with Gasteiger partial charge in [-0.05, 0) is 48.9 Å². The van der Waals surface area contributed by atoms with Crippen LogP contribution in [0.4, 0.5) is 0 Å². The Morgan fingerprint density at radius 3 is 2.28 bits per heavy atom. The molecular weight excluding hydrogens is 406 g/mol. The molecule has 32 heavy (non-hydrogen) atoms. The van der Waals surface area contributed by atoms with Crippen LogP contribution in [0.15, 0.2) is 82.5 Å². The van der Waals surface area contributed by atoms with Gasteiger partial charge in [-0.2, -0.15) is 0 Å². The number of aromatic nitrogens is 3. The summed E-state index contributed by atoms with van der Waals surface area (Å²) >= 11 is 0. The van der Waals surface area contributed by atoms with Gasteiger partial charge in [0.2, 0.25) is 0 Å². The minimum atomic E-state index is -0.491. The van der Waals surface area contributed by atoms with E-state index in [9.17, 15) is 14.4 Å². The van der Waals surface area contributed by atoms with Crippen LogP contribution >= 0.6 is 0 Å². The van der Waals surface area contributed by atoms with Gasteiger partial charge in [-0.1, -0.05) is 24.3 Å². The van der Waals surface area contributed by atoms with E-state index in [-0.39, 0.29) is 24.1 Å². The Morgan fingerprint density at radius 1 is 0.938 bits per heavy atom. The van der Waals surface area contributed by atoms with E-state index in [1.807, 2.05) is 37.3 Å². The summed E-state index contributed by atoms with van der Waals surface area (Å²) in [5.41, 5.74) is 2.86. The zero-order chi connectivity index (χ0) is 22.2. The van der Waals surface area contributed by atoms with Gasteiger partial charge in [0.05, 0.1) is 16.7 Å². The molecule has 0 atom stereocenters. The fourth-order valence-electron chi connectivity index (χ4n) is 3.90. The van der Waals surface area contributed by atoms with Crippen molar-refractivity contribution >= 4 is 33.4 Å². The summed E-state index contributed by atoms with van der Waals surface area (Å²) in [5.74, 6) is -0.491. The normalized spacial score (nSPS) is 11.3. The van der Waals surface area contributed by atoms with Crippen LogP contribution in [-0.4, -0.2) is 19.9 Å². The Morgan fingerprint density at radius 2 is 1.59 bits per heavy atom. The van der Waals surface area contributed by atoms with Crippen molar-refractivity contribution < 1.29 is 9.53 Å². The third-order valence-electron chi connectivity index (χ3n) is 5.42. The van der Waals surface area contributed by atoms with E-state index in [1.165, 1.54) is 10.5 Å². The Balaban J connectivity index is 1.46. The number of ether oxygens (including phenoxy) is 1. The quantitative estimate of drug-likeness (QED) is 0.326. The molecule has 0 unspecified atom stereocenters. The maximum absolute atomic E-state index is 12.8. The molecule has 7 nitrogen and oxygen atoms in total. The van der Waals surface area contributed by atoms with Crippen molar-refractivity contribution in [2.24, 2.45) is 0 Å². The lowest BCUT2D eigenvalue weighted by Crippen LogP contribution is -2.19. The summed E-state index contributed by atoms with van der Waals surface area (Å²) in [4.78, 5) is 42.3. The molecule has 3 aromatic heterocycles. The largest absolute Gasteiger partial charge is 0.458 e. The molecule has 0 spiro atoms. The maximum Gasteiger partial charge on any atom is 0.326 e. The maximum atomic E-state index is 12.8. The number of hydrogen-bond donors (Lipinski definition) is 0. The number of esters is 1. The Bertz CT molecular complexity index is 1570. The SMILES string of the molecule is Cc1ccn2c(=O)cc(COC(=O)Cn3c4ccccc4c(=O)c4ccccc43)nc2c1. The van der Waals surface area contributed by atoms with Gasteiger partial charge >= 0.3 is 5.97 Å². The first-order chi connectivity index (χ1) is 15.5. The fourth-order valence-corrected chi connectivity index (χ4v) is 3.90. The van der Waals surface area contributed by atoms with Gasteiger partial charge in [0.1, 0.15) is 18.8 Å². The minimum Gasteiger partial charge on any atom is -0.458 e. The number of pyridine rings is 2. The summed E-state index contributed by atoms with van der Waals surface area (Å²) in [7, 11) is 0. The Labute approximate surface area is 182 Å². The van der Waals surface area contributed by atoms with Crippen LogP contribution in [0.25, 0.3) is 27.5 Å². The molecule has 0 N–H and O–H groups in total. The summed E-state index contributed by atoms with van der Waals surface area (Å²) in [5, 5.41) is 1.08. The fraction of sp³-hybridized carbons (Fsp3) is 0.120. The molecule has 7 heteroatoms. The highest BCUT2D eigenvalue weighted by atomic mass is 16.5. The van der Waals surface area contributed by atoms with E-state index in [0.29, 0.717) is 33.1 Å². The molecule has 0 saturated carbocycles. The molecule has 0 radical (unpaired) electrons. The molecule has 0 aliphatic carbocycles. The van der Waals surface area contributed by atoms with Crippen molar-refractivity contribution in [3.05, 3.63) is 105 Å². The molecule has 3 heterocycles. The van der Waals surface area contributed by atoms with Crippen LogP contribution in [0.3, 0.4) is 0 Å². The molecule has 0 aliphatic heterocycles. The summed E-state index contributed by atoms with van der Waals surface area (Å²) in [6.45, 7) is 1.72. The van der Waals surface area contributed by atoms with E-state index in [2.05, 4.69) is 4.98 Å². The third kappa shape index (κ3) is 3.43. The highest BCUT2D eigenvalue weighted by Gasteiger charge is 2.14. The minimum absolute atomic E-state index is 0.0723. The molecule has 0 fully saturated rings. The van der Waals surface area contributed by atoms with Gasteiger partial charge in [0.15, 0.2) is 5.43 Å². The predicted octanol–water partition coefficient (Wildman–Crippen LogP) is 3.21. The number of aryl methyl sites for hydroxylation is 1. The first kappa shape index (κ1) is 19.7. The summed E-state index contributed by atoms with van der Waals surface area (Å²) in [6, 6.07) is 19.4. The first-order valence-electron chi connectivity index (χ1n) is 10.2. The van der Waals surface area contributed by atoms with Crippen LogP contribution in [-0.2, 0) is 22.7 Å². The lowest BCUT2D eigenvalue weighted by atomic mass is 10.1. The molecule has 5 aromatic rings. The van der Waals surface area contributed by atoms with Crippen molar-refractivity contribution in [1.82, 2.24) is 14.0 Å². The number of benzene rings is 2.